The summed E-state index contributed by atoms with van der Waals surface area (Å²) in [6, 6.07) is 10.2. The molecule has 2 unspecified atom stereocenters. The summed E-state index contributed by atoms with van der Waals surface area (Å²) in [5.41, 5.74) is 7.24. The van der Waals surface area contributed by atoms with Gasteiger partial charge in [-0.25, -0.2) is 0 Å². The minimum atomic E-state index is 0.0141. The molecule has 90 valence electrons. The maximum Gasteiger partial charge on any atom is 0.134 e. The van der Waals surface area contributed by atoms with E-state index in [0.717, 1.165) is 22.5 Å². The predicted molar refractivity (Wildman–Crippen MR) is 76.7 cm³/mol. The Labute approximate surface area is 109 Å². The molecular formula is C13H15NOS2. The van der Waals surface area contributed by atoms with Crippen LogP contribution in [-0.2, 0) is 0 Å². The number of thioether (sulfide) groups is 2. The summed E-state index contributed by atoms with van der Waals surface area (Å²) in [7, 11) is 0. The summed E-state index contributed by atoms with van der Waals surface area (Å²) in [6.07, 6.45) is 0. The first-order valence-electron chi connectivity index (χ1n) is 5.78. The van der Waals surface area contributed by atoms with Crippen LogP contribution in [0.5, 0.6) is 0 Å². The molecule has 2 heterocycles. The van der Waals surface area contributed by atoms with Gasteiger partial charge in [0, 0.05) is 27.9 Å². The van der Waals surface area contributed by atoms with Crippen molar-refractivity contribution in [1.82, 2.24) is 0 Å². The molecule has 0 radical (unpaired) electrons. The van der Waals surface area contributed by atoms with Crippen LogP contribution in [0.15, 0.2) is 34.7 Å². The lowest BCUT2D eigenvalue weighted by Crippen LogP contribution is -2.28. The molecule has 1 saturated heterocycles. The highest BCUT2D eigenvalue weighted by Gasteiger charge is 2.25. The molecule has 3 rings (SSSR count). The van der Waals surface area contributed by atoms with E-state index in [1.807, 2.05) is 41.7 Å². The zero-order chi connectivity index (χ0) is 11.7. The summed E-state index contributed by atoms with van der Waals surface area (Å²) in [6.45, 7) is 0. The molecule has 2 atom stereocenters. The van der Waals surface area contributed by atoms with Crippen molar-refractivity contribution >= 4 is 34.5 Å². The van der Waals surface area contributed by atoms with Crippen LogP contribution < -0.4 is 5.73 Å². The standard InChI is InChI=1S/C13H15NOS2/c14-13(12-8-16-5-6-17-12)11-7-9-3-1-2-4-10(9)15-11/h1-4,7,12-13H,5-6,8,14H2. The zero-order valence-electron chi connectivity index (χ0n) is 9.46. The molecule has 0 amide bonds. The monoisotopic (exact) mass is 265 g/mol. The third-order valence-electron chi connectivity index (χ3n) is 3.02. The summed E-state index contributed by atoms with van der Waals surface area (Å²) in [5, 5.41) is 1.63. The van der Waals surface area contributed by atoms with E-state index in [1.54, 1.807) is 0 Å². The van der Waals surface area contributed by atoms with Gasteiger partial charge in [-0.3, -0.25) is 0 Å². The quantitative estimate of drug-likeness (QED) is 0.904. The molecule has 2 aromatic rings. The average molecular weight is 265 g/mol. The number of para-hydroxylation sites is 1. The molecule has 1 aromatic heterocycles. The number of nitrogens with two attached hydrogens (primary N) is 1. The van der Waals surface area contributed by atoms with Crippen molar-refractivity contribution in [3.05, 3.63) is 36.1 Å². The van der Waals surface area contributed by atoms with Crippen molar-refractivity contribution in [2.45, 2.75) is 11.3 Å². The first-order chi connectivity index (χ1) is 8.34. The van der Waals surface area contributed by atoms with Crippen LogP contribution >= 0.6 is 23.5 Å². The molecule has 0 aliphatic carbocycles. The van der Waals surface area contributed by atoms with Gasteiger partial charge in [0.25, 0.3) is 0 Å². The van der Waals surface area contributed by atoms with Crippen LogP contribution in [0.2, 0.25) is 0 Å². The van der Waals surface area contributed by atoms with Gasteiger partial charge >= 0.3 is 0 Å². The Morgan fingerprint density at radius 1 is 1.29 bits per heavy atom. The predicted octanol–water partition coefficient (Wildman–Crippen LogP) is 3.28. The highest BCUT2D eigenvalue weighted by atomic mass is 32.2. The molecule has 1 aromatic carbocycles. The fourth-order valence-corrected chi connectivity index (χ4v) is 4.84. The molecule has 0 bridgehead atoms. The van der Waals surface area contributed by atoms with Crippen molar-refractivity contribution < 1.29 is 4.42 Å². The van der Waals surface area contributed by atoms with Gasteiger partial charge in [0.2, 0.25) is 0 Å². The SMILES string of the molecule is NC(c1cc2ccccc2o1)C1CSCCS1. The molecule has 1 fully saturated rings. The van der Waals surface area contributed by atoms with Gasteiger partial charge in [-0.15, -0.1) is 0 Å². The van der Waals surface area contributed by atoms with Crippen molar-refractivity contribution in [2.75, 3.05) is 17.3 Å². The third-order valence-corrected chi connectivity index (χ3v) is 5.90. The summed E-state index contributed by atoms with van der Waals surface area (Å²) < 4.78 is 5.84. The summed E-state index contributed by atoms with van der Waals surface area (Å²) >= 11 is 3.96. The lowest BCUT2D eigenvalue weighted by molar-refractivity contribution is 0.495. The minimum absolute atomic E-state index is 0.0141. The molecule has 2 nitrogen and oxygen atoms in total. The average Bonchev–Trinajstić information content (AvgIpc) is 2.82. The Balaban J connectivity index is 1.86. The van der Waals surface area contributed by atoms with Crippen molar-refractivity contribution in [1.29, 1.82) is 0 Å². The Morgan fingerprint density at radius 2 is 2.18 bits per heavy atom. The van der Waals surface area contributed by atoms with Gasteiger partial charge in [-0.2, -0.15) is 23.5 Å². The Kier molecular flexibility index (Phi) is 3.36. The van der Waals surface area contributed by atoms with Gasteiger partial charge in [-0.1, -0.05) is 18.2 Å². The van der Waals surface area contributed by atoms with Crippen LogP contribution in [0.1, 0.15) is 11.8 Å². The number of fused-ring (bicyclic) bond motifs is 1. The van der Waals surface area contributed by atoms with E-state index in [4.69, 9.17) is 10.2 Å². The van der Waals surface area contributed by atoms with Gasteiger partial charge in [0.1, 0.15) is 11.3 Å². The second-order valence-electron chi connectivity index (χ2n) is 4.20. The van der Waals surface area contributed by atoms with E-state index in [1.165, 1.54) is 11.5 Å². The van der Waals surface area contributed by atoms with Crippen molar-refractivity contribution in [3.8, 4) is 0 Å². The Morgan fingerprint density at radius 3 is 2.94 bits per heavy atom. The first kappa shape index (κ1) is 11.5. The fourth-order valence-electron chi connectivity index (χ4n) is 2.06. The lowest BCUT2D eigenvalue weighted by Gasteiger charge is -2.25. The second kappa shape index (κ2) is 4.96. The van der Waals surface area contributed by atoms with E-state index in [-0.39, 0.29) is 6.04 Å². The van der Waals surface area contributed by atoms with Gasteiger partial charge in [-0.05, 0) is 12.1 Å². The largest absolute Gasteiger partial charge is 0.459 e. The summed E-state index contributed by atoms with van der Waals surface area (Å²) in [4.78, 5) is 0. The van der Waals surface area contributed by atoms with E-state index >= 15 is 0 Å². The number of benzene rings is 1. The molecule has 0 saturated carbocycles. The fraction of sp³-hybridized carbons (Fsp3) is 0.385. The third kappa shape index (κ3) is 2.34. The molecule has 17 heavy (non-hydrogen) atoms. The number of hydrogen-bond donors (Lipinski definition) is 1. The van der Waals surface area contributed by atoms with Crippen LogP contribution in [0, 0.1) is 0 Å². The molecule has 2 N–H and O–H groups in total. The first-order valence-corrected chi connectivity index (χ1v) is 7.98. The topological polar surface area (TPSA) is 39.2 Å². The van der Waals surface area contributed by atoms with Gasteiger partial charge < -0.3 is 10.2 Å². The molecular weight excluding hydrogens is 250 g/mol. The Bertz CT molecular complexity index is 472. The van der Waals surface area contributed by atoms with Gasteiger partial charge in [0.15, 0.2) is 0 Å². The molecule has 0 spiro atoms. The number of hydrogen-bond acceptors (Lipinski definition) is 4. The normalized spacial score (nSPS) is 22.8. The van der Waals surface area contributed by atoms with Crippen molar-refractivity contribution in [2.24, 2.45) is 5.73 Å². The maximum absolute atomic E-state index is 6.31. The second-order valence-corrected chi connectivity index (χ2v) is 6.69. The maximum atomic E-state index is 6.31. The van der Waals surface area contributed by atoms with Crippen LogP contribution in [0.3, 0.4) is 0 Å². The lowest BCUT2D eigenvalue weighted by atomic mass is 10.1. The molecule has 4 heteroatoms. The zero-order valence-corrected chi connectivity index (χ0v) is 11.1. The van der Waals surface area contributed by atoms with E-state index in [9.17, 15) is 0 Å². The Hall–Kier alpha value is -0.580. The van der Waals surface area contributed by atoms with E-state index in [2.05, 4.69) is 12.1 Å². The van der Waals surface area contributed by atoms with E-state index < -0.39 is 0 Å². The minimum Gasteiger partial charge on any atom is -0.459 e. The smallest absolute Gasteiger partial charge is 0.134 e. The van der Waals surface area contributed by atoms with Gasteiger partial charge in [0.05, 0.1) is 6.04 Å². The highest BCUT2D eigenvalue weighted by Crippen LogP contribution is 2.34. The van der Waals surface area contributed by atoms with Crippen LogP contribution in [0.4, 0.5) is 0 Å². The van der Waals surface area contributed by atoms with Crippen LogP contribution in [0.25, 0.3) is 11.0 Å². The summed E-state index contributed by atoms with van der Waals surface area (Å²) in [5.74, 6) is 4.49. The number of furan rings is 1. The molecule has 1 aliphatic rings. The highest BCUT2D eigenvalue weighted by molar-refractivity contribution is 8.06. The van der Waals surface area contributed by atoms with Crippen molar-refractivity contribution in [3.63, 3.8) is 0 Å². The molecule has 1 aliphatic heterocycles. The van der Waals surface area contributed by atoms with Crippen LogP contribution in [-0.4, -0.2) is 22.5 Å². The van der Waals surface area contributed by atoms with E-state index in [0.29, 0.717) is 5.25 Å². The number of rotatable bonds is 2.